The zero-order valence-electron chi connectivity index (χ0n) is 8.88. The third kappa shape index (κ3) is 1.99. The predicted octanol–water partition coefficient (Wildman–Crippen LogP) is 2.04. The van der Waals surface area contributed by atoms with Crippen LogP contribution < -0.4 is 5.56 Å². The number of nitrogens with zero attached hydrogens (tertiary/aromatic N) is 1. The topological polar surface area (TPSA) is 45.8 Å². The molecule has 1 aliphatic heterocycles. The molecule has 80 valence electrons. The van der Waals surface area contributed by atoms with Gasteiger partial charge in [0.15, 0.2) is 0 Å². The minimum Gasteiger partial charge on any atom is -0.310 e. The SMILES string of the molecule is CC(C)(C)c1nc2c(c(=O)[nH]1)CC(=S)S2. The maximum Gasteiger partial charge on any atom is 0.255 e. The zero-order chi connectivity index (χ0) is 11.2. The normalized spacial score (nSPS) is 15.5. The van der Waals surface area contributed by atoms with E-state index in [0.717, 1.165) is 20.6 Å². The first-order valence-electron chi connectivity index (χ1n) is 4.72. The van der Waals surface area contributed by atoms with Gasteiger partial charge in [0.2, 0.25) is 0 Å². The molecule has 2 heterocycles. The van der Waals surface area contributed by atoms with Crippen LogP contribution >= 0.6 is 24.0 Å². The molecule has 0 spiro atoms. The number of hydrogen-bond donors (Lipinski definition) is 1. The second-order valence-electron chi connectivity index (χ2n) is 4.60. The summed E-state index contributed by atoms with van der Waals surface area (Å²) in [7, 11) is 0. The van der Waals surface area contributed by atoms with Crippen molar-refractivity contribution in [2.24, 2.45) is 0 Å². The van der Waals surface area contributed by atoms with Gasteiger partial charge in [-0.1, -0.05) is 44.8 Å². The fourth-order valence-corrected chi connectivity index (χ4v) is 2.60. The third-order valence-corrected chi connectivity index (χ3v) is 3.52. The molecule has 0 fully saturated rings. The van der Waals surface area contributed by atoms with Crippen molar-refractivity contribution >= 4 is 28.2 Å². The predicted molar refractivity (Wildman–Crippen MR) is 65.7 cm³/mol. The van der Waals surface area contributed by atoms with E-state index in [0.29, 0.717) is 6.42 Å². The van der Waals surface area contributed by atoms with E-state index in [1.54, 1.807) is 0 Å². The van der Waals surface area contributed by atoms with Crippen molar-refractivity contribution in [1.29, 1.82) is 0 Å². The summed E-state index contributed by atoms with van der Waals surface area (Å²) in [6, 6.07) is 0. The number of thiocarbonyl (C=S) groups is 1. The van der Waals surface area contributed by atoms with Gasteiger partial charge < -0.3 is 4.98 Å². The lowest BCUT2D eigenvalue weighted by Crippen LogP contribution is -2.24. The molecule has 0 bridgehead atoms. The molecule has 0 aromatic carbocycles. The Hall–Kier alpha value is -0.680. The number of rotatable bonds is 0. The number of aromatic nitrogens is 2. The zero-order valence-corrected chi connectivity index (χ0v) is 10.5. The van der Waals surface area contributed by atoms with E-state index in [4.69, 9.17) is 12.2 Å². The summed E-state index contributed by atoms with van der Waals surface area (Å²) in [5, 5.41) is 0.786. The molecular weight excluding hydrogens is 228 g/mol. The molecule has 1 N–H and O–H groups in total. The molecule has 3 nitrogen and oxygen atoms in total. The van der Waals surface area contributed by atoms with E-state index < -0.39 is 0 Å². The van der Waals surface area contributed by atoms with Crippen LogP contribution in [0, 0.1) is 0 Å². The van der Waals surface area contributed by atoms with Crippen molar-refractivity contribution in [2.45, 2.75) is 37.6 Å². The second kappa shape index (κ2) is 3.42. The van der Waals surface area contributed by atoms with Crippen molar-refractivity contribution in [2.75, 3.05) is 0 Å². The number of aromatic amines is 1. The second-order valence-corrected chi connectivity index (χ2v) is 6.43. The monoisotopic (exact) mass is 240 g/mol. The minimum atomic E-state index is -0.140. The van der Waals surface area contributed by atoms with Crippen LogP contribution in [-0.2, 0) is 11.8 Å². The molecule has 1 aromatic rings. The molecule has 1 aromatic heterocycles. The maximum absolute atomic E-state index is 11.8. The van der Waals surface area contributed by atoms with Crippen molar-refractivity contribution in [3.8, 4) is 0 Å². The van der Waals surface area contributed by atoms with Crippen LogP contribution in [-0.4, -0.2) is 14.2 Å². The Morgan fingerprint density at radius 1 is 1.47 bits per heavy atom. The van der Waals surface area contributed by atoms with Crippen LogP contribution in [0.5, 0.6) is 0 Å². The van der Waals surface area contributed by atoms with Gasteiger partial charge in [-0.15, -0.1) is 0 Å². The van der Waals surface area contributed by atoms with Crippen molar-refractivity contribution in [3.05, 3.63) is 21.7 Å². The Labute approximate surface area is 97.7 Å². The van der Waals surface area contributed by atoms with E-state index in [-0.39, 0.29) is 11.0 Å². The van der Waals surface area contributed by atoms with E-state index in [1.807, 2.05) is 20.8 Å². The summed E-state index contributed by atoms with van der Waals surface area (Å²) in [6.07, 6.45) is 0.572. The highest BCUT2D eigenvalue weighted by molar-refractivity contribution is 8.23. The number of thioether (sulfide) groups is 1. The Balaban J connectivity index is 2.59. The number of H-pyrrole nitrogens is 1. The quantitative estimate of drug-likeness (QED) is 0.557. The molecule has 0 saturated carbocycles. The van der Waals surface area contributed by atoms with Crippen molar-refractivity contribution < 1.29 is 0 Å². The van der Waals surface area contributed by atoms with Crippen LogP contribution in [0.2, 0.25) is 0 Å². The average Bonchev–Trinajstić information content (AvgIpc) is 2.44. The van der Waals surface area contributed by atoms with E-state index >= 15 is 0 Å². The highest BCUT2D eigenvalue weighted by Gasteiger charge is 2.25. The Bertz CT molecular complexity index is 485. The van der Waals surface area contributed by atoms with Crippen LogP contribution in [0.25, 0.3) is 0 Å². The van der Waals surface area contributed by atoms with Gasteiger partial charge in [-0.05, 0) is 0 Å². The van der Waals surface area contributed by atoms with Crippen LogP contribution in [0.3, 0.4) is 0 Å². The van der Waals surface area contributed by atoms with Gasteiger partial charge in [0.25, 0.3) is 5.56 Å². The van der Waals surface area contributed by atoms with Crippen LogP contribution in [0.15, 0.2) is 9.82 Å². The highest BCUT2D eigenvalue weighted by Crippen LogP contribution is 2.30. The molecule has 0 aliphatic carbocycles. The number of fused-ring (bicyclic) bond motifs is 1. The average molecular weight is 240 g/mol. The fourth-order valence-electron chi connectivity index (χ4n) is 1.36. The molecule has 0 atom stereocenters. The van der Waals surface area contributed by atoms with Gasteiger partial charge in [-0.25, -0.2) is 4.98 Å². The molecule has 15 heavy (non-hydrogen) atoms. The van der Waals surface area contributed by atoms with Gasteiger partial charge in [0.1, 0.15) is 10.9 Å². The first-order chi connectivity index (χ1) is 6.88. The maximum atomic E-state index is 11.8. The molecule has 5 heteroatoms. The van der Waals surface area contributed by atoms with E-state index in [9.17, 15) is 4.79 Å². The Morgan fingerprint density at radius 2 is 2.13 bits per heavy atom. The smallest absolute Gasteiger partial charge is 0.255 e. The fraction of sp³-hybridized carbons (Fsp3) is 0.500. The molecule has 0 radical (unpaired) electrons. The molecule has 0 unspecified atom stereocenters. The van der Waals surface area contributed by atoms with Gasteiger partial charge in [-0.3, -0.25) is 4.79 Å². The number of nitrogens with one attached hydrogen (secondary N) is 1. The van der Waals surface area contributed by atoms with Crippen molar-refractivity contribution in [3.63, 3.8) is 0 Å². The van der Waals surface area contributed by atoms with Crippen molar-refractivity contribution in [1.82, 2.24) is 9.97 Å². The summed E-state index contributed by atoms with van der Waals surface area (Å²) in [5.74, 6) is 0.725. The molecule has 0 saturated heterocycles. The lowest BCUT2D eigenvalue weighted by atomic mass is 9.96. The first kappa shape index (κ1) is 10.8. The van der Waals surface area contributed by atoms with E-state index in [1.165, 1.54) is 11.8 Å². The first-order valence-corrected chi connectivity index (χ1v) is 5.95. The third-order valence-electron chi connectivity index (χ3n) is 2.22. The van der Waals surface area contributed by atoms with E-state index in [2.05, 4.69) is 9.97 Å². The Morgan fingerprint density at radius 3 is 2.73 bits per heavy atom. The van der Waals surface area contributed by atoms with Gasteiger partial charge >= 0.3 is 0 Å². The lowest BCUT2D eigenvalue weighted by molar-refractivity contribution is 0.534. The Kier molecular flexibility index (Phi) is 2.47. The summed E-state index contributed by atoms with van der Waals surface area (Å²) in [5.41, 5.74) is 0.536. The summed E-state index contributed by atoms with van der Waals surface area (Å²) in [6.45, 7) is 6.07. The number of hydrogen-bond acceptors (Lipinski definition) is 4. The van der Waals surface area contributed by atoms with Gasteiger partial charge in [-0.2, -0.15) is 0 Å². The standard InChI is InChI=1S/C10H12N2OS2/c1-10(2,3)9-11-7(13)5-4-6(14)15-8(5)12-9/h4H2,1-3H3,(H,11,12,13). The lowest BCUT2D eigenvalue weighted by Gasteiger charge is -2.17. The minimum absolute atomic E-state index is 0.0442. The highest BCUT2D eigenvalue weighted by atomic mass is 32.2. The summed E-state index contributed by atoms with van der Waals surface area (Å²) in [4.78, 5) is 19.0. The van der Waals surface area contributed by atoms with Gasteiger partial charge in [0, 0.05) is 11.8 Å². The molecule has 1 aliphatic rings. The van der Waals surface area contributed by atoms with Crippen LogP contribution in [0.1, 0.15) is 32.2 Å². The largest absolute Gasteiger partial charge is 0.310 e. The summed E-state index contributed by atoms with van der Waals surface area (Å²) >= 11 is 6.53. The molecule has 0 amide bonds. The molecule has 2 rings (SSSR count). The summed E-state index contributed by atoms with van der Waals surface area (Å²) < 4.78 is 0.828. The van der Waals surface area contributed by atoms with Gasteiger partial charge in [0.05, 0.1) is 9.76 Å². The molecular formula is C10H12N2OS2. The van der Waals surface area contributed by atoms with Crippen LogP contribution in [0.4, 0.5) is 0 Å².